The first-order valence-corrected chi connectivity index (χ1v) is 10.6. The molecular weight excluding hydrogens is 379 g/mol. The maximum atomic E-state index is 2.66. The van der Waals surface area contributed by atoms with Gasteiger partial charge in [0, 0.05) is 3.92 Å². The van der Waals surface area contributed by atoms with Crippen LogP contribution in [-0.4, -0.2) is 3.92 Å². The summed E-state index contributed by atoms with van der Waals surface area (Å²) >= 11 is 2.66. The highest BCUT2D eigenvalue weighted by Gasteiger charge is 2.30. The Morgan fingerprint density at radius 2 is 1.36 bits per heavy atom. The average Bonchev–Trinajstić information content (AvgIpc) is 2.56. The van der Waals surface area contributed by atoms with Crippen molar-refractivity contribution in [2.45, 2.75) is 75.1 Å². The van der Waals surface area contributed by atoms with E-state index >= 15 is 0 Å². The van der Waals surface area contributed by atoms with E-state index in [0.29, 0.717) is 0 Å². The topological polar surface area (TPSA) is 0 Å². The van der Waals surface area contributed by atoms with Crippen molar-refractivity contribution in [3.05, 3.63) is 35.4 Å². The Hall–Kier alpha value is -0.0500. The molecule has 0 aliphatic heterocycles. The minimum Gasteiger partial charge on any atom is -0.0826 e. The Morgan fingerprint density at radius 1 is 0.818 bits per heavy atom. The van der Waals surface area contributed by atoms with E-state index in [9.17, 15) is 0 Å². The van der Waals surface area contributed by atoms with Crippen molar-refractivity contribution in [2.24, 2.45) is 17.8 Å². The zero-order chi connectivity index (χ0) is 15.4. The van der Waals surface area contributed by atoms with Crippen molar-refractivity contribution >= 4 is 22.6 Å². The second-order valence-electron chi connectivity index (χ2n) is 7.82. The number of alkyl halides is 1. The Bertz CT molecular complexity index is 433. The fourth-order valence-corrected chi connectivity index (χ4v) is 5.34. The minimum atomic E-state index is 0.972. The Morgan fingerprint density at radius 3 is 1.95 bits per heavy atom. The third-order valence-corrected chi connectivity index (χ3v) is 7.47. The first-order valence-electron chi connectivity index (χ1n) is 9.40. The normalized spacial score (nSPS) is 32.8. The molecule has 2 saturated carbocycles. The highest BCUT2D eigenvalue weighted by Crippen LogP contribution is 2.42. The molecule has 0 unspecified atom stereocenters. The molecule has 122 valence electrons. The van der Waals surface area contributed by atoms with Crippen molar-refractivity contribution in [1.82, 2.24) is 0 Å². The van der Waals surface area contributed by atoms with Gasteiger partial charge in [0.2, 0.25) is 0 Å². The van der Waals surface area contributed by atoms with Crippen molar-refractivity contribution in [1.29, 1.82) is 0 Å². The largest absolute Gasteiger partial charge is 0.0826 e. The summed E-state index contributed by atoms with van der Waals surface area (Å²) in [5.41, 5.74) is 2.92. The molecule has 0 amide bonds. The summed E-state index contributed by atoms with van der Waals surface area (Å²) in [6.07, 6.45) is 14.8. The standard InChI is InChI=1S/C21H31I/c1-16-2-4-17(5-3-16)6-7-18-8-10-19(11-9-18)20-12-14-21(22)15-13-20/h2-5,18-21H,6-15H2,1H3. The average molecular weight is 410 g/mol. The number of hydrogen-bond donors (Lipinski definition) is 0. The second kappa shape index (κ2) is 8.17. The van der Waals surface area contributed by atoms with Gasteiger partial charge >= 0.3 is 0 Å². The van der Waals surface area contributed by atoms with Gasteiger partial charge in [0.05, 0.1) is 0 Å². The van der Waals surface area contributed by atoms with Gasteiger partial charge in [-0.05, 0) is 81.6 Å². The number of rotatable bonds is 4. The van der Waals surface area contributed by atoms with Gasteiger partial charge in [-0.25, -0.2) is 0 Å². The molecule has 0 spiro atoms. The molecule has 2 aliphatic carbocycles. The summed E-state index contributed by atoms with van der Waals surface area (Å²) in [6.45, 7) is 2.18. The molecule has 0 saturated heterocycles. The van der Waals surface area contributed by atoms with Crippen LogP contribution in [0.4, 0.5) is 0 Å². The fourth-order valence-electron chi connectivity index (χ4n) is 4.62. The maximum Gasteiger partial charge on any atom is 0.0110 e. The molecule has 0 N–H and O–H groups in total. The molecule has 1 aromatic rings. The van der Waals surface area contributed by atoms with Crippen LogP contribution in [0.1, 0.15) is 68.9 Å². The van der Waals surface area contributed by atoms with Crippen LogP contribution in [0.15, 0.2) is 24.3 Å². The van der Waals surface area contributed by atoms with Crippen LogP contribution in [0.3, 0.4) is 0 Å². The van der Waals surface area contributed by atoms with Crippen molar-refractivity contribution < 1.29 is 0 Å². The van der Waals surface area contributed by atoms with E-state index in [1.54, 1.807) is 0 Å². The molecule has 0 atom stereocenters. The van der Waals surface area contributed by atoms with E-state index in [4.69, 9.17) is 0 Å². The highest BCUT2D eigenvalue weighted by molar-refractivity contribution is 14.1. The quantitative estimate of drug-likeness (QED) is 0.381. The van der Waals surface area contributed by atoms with Crippen molar-refractivity contribution in [3.63, 3.8) is 0 Å². The molecule has 0 nitrogen and oxygen atoms in total. The van der Waals surface area contributed by atoms with Gasteiger partial charge in [0.1, 0.15) is 0 Å². The maximum absolute atomic E-state index is 2.66. The summed E-state index contributed by atoms with van der Waals surface area (Å²) in [7, 11) is 0. The monoisotopic (exact) mass is 410 g/mol. The van der Waals surface area contributed by atoms with Crippen LogP contribution in [0.25, 0.3) is 0 Å². The second-order valence-corrected chi connectivity index (χ2v) is 9.58. The molecule has 1 aromatic carbocycles. The Kier molecular flexibility index (Phi) is 6.24. The lowest BCUT2D eigenvalue weighted by atomic mass is 9.70. The van der Waals surface area contributed by atoms with Crippen LogP contribution in [0, 0.1) is 24.7 Å². The Balaban J connectivity index is 1.39. The molecule has 3 rings (SSSR count). The molecule has 0 bridgehead atoms. The van der Waals surface area contributed by atoms with Crippen LogP contribution in [-0.2, 0) is 6.42 Å². The first-order chi connectivity index (χ1) is 10.7. The zero-order valence-electron chi connectivity index (χ0n) is 14.1. The SMILES string of the molecule is Cc1ccc(CCC2CCC(C3CCC(I)CC3)CC2)cc1. The zero-order valence-corrected chi connectivity index (χ0v) is 16.2. The smallest absolute Gasteiger partial charge is 0.0110 e. The third-order valence-electron chi connectivity index (χ3n) is 6.22. The molecule has 22 heavy (non-hydrogen) atoms. The van der Waals surface area contributed by atoms with Crippen LogP contribution in [0.2, 0.25) is 0 Å². The van der Waals surface area contributed by atoms with Gasteiger partial charge < -0.3 is 0 Å². The molecule has 1 heteroatoms. The summed E-state index contributed by atoms with van der Waals surface area (Å²) in [5.74, 6) is 3.14. The molecular formula is C21H31I. The summed E-state index contributed by atoms with van der Waals surface area (Å²) in [5, 5.41) is 0. The van der Waals surface area contributed by atoms with E-state index in [1.807, 2.05) is 0 Å². The van der Waals surface area contributed by atoms with Gasteiger partial charge in [-0.1, -0.05) is 65.3 Å². The molecule has 0 aromatic heterocycles. The van der Waals surface area contributed by atoms with E-state index in [2.05, 4.69) is 53.8 Å². The Labute approximate surface area is 150 Å². The highest BCUT2D eigenvalue weighted by atomic mass is 127. The molecule has 0 radical (unpaired) electrons. The summed E-state index contributed by atoms with van der Waals surface area (Å²) in [6, 6.07) is 9.16. The van der Waals surface area contributed by atoms with Crippen LogP contribution in [0.5, 0.6) is 0 Å². The van der Waals surface area contributed by atoms with Gasteiger partial charge in [0.25, 0.3) is 0 Å². The predicted octanol–water partition coefficient (Wildman–Crippen LogP) is 6.73. The van der Waals surface area contributed by atoms with E-state index < -0.39 is 0 Å². The third kappa shape index (κ3) is 4.72. The first kappa shape index (κ1) is 16.8. The fraction of sp³-hybridized carbons (Fsp3) is 0.714. The minimum absolute atomic E-state index is 0.972. The lowest BCUT2D eigenvalue weighted by Gasteiger charge is -2.37. The van der Waals surface area contributed by atoms with Gasteiger partial charge in [-0.2, -0.15) is 0 Å². The molecule has 2 fully saturated rings. The van der Waals surface area contributed by atoms with Gasteiger partial charge in [-0.15, -0.1) is 0 Å². The summed E-state index contributed by atoms with van der Waals surface area (Å²) in [4.78, 5) is 0. The van der Waals surface area contributed by atoms with Gasteiger partial charge in [-0.3, -0.25) is 0 Å². The van der Waals surface area contributed by atoms with Gasteiger partial charge in [0.15, 0.2) is 0 Å². The van der Waals surface area contributed by atoms with E-state index in [0.717, 1.165) is 21.7 Å². The number of halogens is 1. The molecule has 2 aliphatic rings. The predicted molar refractivity (Wildman–Crippen MR) is 105 cm³/mol. The summed E-state index contributed by atoms with van der Waals surface area (Å²) < 4.78 is 0.972. The van der Waals surface area contributed by atoms with Crippen LogP contribution < -0.4 is 0 Å². The van der Waals surface area contributed by atoms with Crippen molar-refractivity contribution in [2.75, 3.05) is 0 Å². The lowest BCUT2D eigenvalue weighted by molar-refractivity contribution is 0.166. The number of aryl methyl sites for hydroxylation is 2. The van der Waals surface area contributed by atoms with Crippen LogP contribution >= 0.6 is 22.6 Å². The van der Waals surface area contributed by atoms with E-state index in [-0.39, 0.29) is 0 Å². The van der Waals surface area contributed by atoms with Crippen molar-refractivity contribution in [3.8, 4) is 0 Å². The number of hydrogen-bond acceptors (Lipinski definition) is 0. The lowest BCUT2D eigenvalue weighted by Crippen LogP contribution is -2.26. The van der Waals surface area contributed by atoms with E-state index in [1.165, 1.54) is 75.3 Å². The number of benzene rings is 1. The molecule has 0 heterocycles.